The Morgan fingerprint density at radius 3 is 2.31 bits per heavy atom. The minimum atomic E-state index is -0.222. The molecule has 3 fully saturated rings. The lowest BCUT2D eigenvalue weighted by atomic mass is 9.75. The molecule has 0 spiro atoms. The molecule has 0 aromatic carbocycles. The highest BCUT2D eigenvalue weighted by molar-refractivity contribution is 5.01. The summed E-state index contributed by atoms with van der Waals surface area (Å²) in [4.78, 5) is 0. The normalized spacial score (nSPS) is 47.3. The van der Waals surface area contributed by atoms with Crippen LogP contribution in [0, 0.1) is 17.8 Å². The van der Waals surface area contributed by atoms with Gasteiger partial charge in [0.05, 0.1) is 5.60 Å². The van der Waals surface area contributed by atoms with Crippen molar-refractivity contribution < 1.29 is 5.11 Å². The molecule has 0 saturated heterocycles. The van der Waals surface area contributed by atoms with E-state index in [4.69, 9.17) is 0 Å². The van der Waals surface area contributed by atoms with E-state index in [-0.39, 0.29) is 5.60 Å². The van der Waals surface area contributed by atoms with Gasteiger partial charge in [0.1, 0.15) is 0 Å². The third-order valence-electron chi connectivity index (χ3n) is 4.90. The second kappa shape index (κ2) is 2.73. The maximum Gasteiger partial charge on any atom is 0.0678 e. The lowest BCUT2D eigenvalue weighted by Gasteiger charge is -2.35. The van der Waals surface area contributed by atoms with Gasteiger partial charge in [-0.1, -0.05) is 19.3 Å². The van der Waals surface area contributed by atoms with Crippen molar-refractivity contribution in [3.63, 3.8) is 0 Å². The third-order valence-corrected chi connectivity index (χ3v) is 4.90. The van der Waals surface area contributed by atoms with Crippen LogP contribution in [0.4, 0.5) is 0 Å². The Bertz CT molecular complexity index is 205. The van der Waals surface area contributed by atoms with Gasteiger partial charge in [0, 0.05) is 0 Å². The Labute approximate surface area is 80.5 Å². The molecule has 2 bridgehead atoms. The van der Waals surface area contributed by atoms with E-state index in [1.807, 2.05) is 0 Å². The second-order valence-corrected chi connectivity index (χ2v) is 5.59. The van der Waals surface area contributed by atoms with Gasteiger partial charge in [0.15, 0.2) is 0 Å². The van der Waals surface area contributed by atoms with Crippen molar-refractivity contribution in [3.05, 3.63) is 0 Å². The molecule has 3 unspecified atom stereocenters. The first-order valence-electron chi connectivity index (χ1n) is 6.00. The number of hydrogen-bond acceptors (Lipinski definition) is 1. The quantitative estimate of drug-likeness (QED) is 0.658. The molecule has 1 heteroatoms. The average molecular weight is 180 g/mol. The summed E-state index contributed by atoms with van der Waals surface area (Å²) < 4.78 is 0. The molecule has 74 valence electrons. The van der Waals surface area contributed by atoms with Gasteiger partial charge in [0.25, 0.3) is 0 Å². The second-order valence-electron chi connectivity index (χ2n) is 5.59. The fourth-order valence-corrected chi connectivity index (χ4v) is 4.26. The highest BCUT2D eigenvalue weighted by atomic mass is 16.3. The van der Waals surface area contributed by atoms with Crippen LogP contribution >= 0.6 is 0 Å². The Morgan fingerprint density at radius 2 is 1.77 bits per heavy atom. The Morgan fingerprint density at radius 1 is 1.00 bits per heavy atom. The van der Waals surface area contributed by atoms with E-state index in [2.05, 4.69) is 0 Å². The molecule has 0 heterocycles. The van der Waals surface area contributed by atoms with Crippen molar-refractivity contribution in [2.75, 3.05) is 0 Å². The monoisotopic (exact) mass is 180 g/mol. The van der Waals surface area contributed by atoms with Gasteiger partial charge < -0.3 is 5.11 Å². The lowest BCUT2D eigenvalue weighted by molar-refractivity contribution is -0.0345. The number of aliphatic hydroxyl groups is 1. The third kappa shape index (κ3) is 1.16. The van der Waals surface area contributed by atoms with Gasteiger partial charge >= 0.3 is 0 Å². The van der Waals surface area contributed by atoms with E-state index >= 15 is 0 Å². The van der Waals surface area contributed by atoms with Gasteiger partial charge in [0.2, 0.25) is 0 Å². The molecular weight excluding hydrogens is 160 g/mol. The summed E-state index contributed by atoms with van der Waals surface area (Å²) in [7, 11) is 0. The van der Waals surface area contributed by atoms with Crippen molar-refractivity contribution in [2.24, 2.45) is 17.8 Å². The number of fused-ring (bicyclic) bond motifs is 2. The fourth-order valence-electron chi connectivity index (χ4n) is 4.26. The molecule has 1 nitrogen and oxygen atoms in total. The minimum Gasteiger partial charge on any atom is -0.390 e. The van der Waals surface area contributed by atoms with E-state index in [9.17, 15) is 5.11 Å². The summed E-state index contributed by atoms with van der Waals surface area (Å²) in [5.74, 6) is 2.57. The highest BCUT2D eigenvalue weighted by Crippen LogP contribution is 2.55. The zero-order valence-corrected chi connectivity index (χ0v) is 8.34. The van der Waals surface area contributed by atoms with Gasteiger partial charge in [-0.15, -0.1) is 0 Å². The summed E-state index contributed by atoms with van der Waals surface area (Å²) in [5.41, 5.74) is -0.222. The van der Waals surface area contributed by atoms with Crippen LogP contribution in [0.3, 0.4) is 0 Å². The molecule has 3 saturated carbocycles. The first kappa shape index (κ1) is 8.28. The first-order valence-corrected chi connectivity index (χ1v) is 6.00. The van der Waals surface area contributed by atoms with Crippen LogP contribution in [0.5, 0.6) is 0 Å². The van der Waals surface area contributed by atoms with E-state index in [1.54, 1.807) is 0 Å². The molecule has 0 aromatic heterocycles. The molecule has 0 aromatic rings. The van der Waals surface area contributed by atoms with Gasteiger partial charge in [-0.25, -0.2) is 0 Å². The summed E-state index contributed by atoms with van der Waals surface area (Å²) >= 11 is 0. The smallest absolute Gasteiger partial charge is 0.0678 e. The SMILES string of the molecule is OC1(C2CC3CCC2C3)CCCC1. The van der Waals surface area contributed by atoms with Crippen LogP contribution in [-0.2, 0) is 0 Å². The van der Waals surface area contributed by atoms with E-state index in [0.29, 0.717) is 5.92 Å². The summed E-state index contributed by atoms with van der Waals surface area (Å²) in [6.45, 7) is 0. The van der Waals surface area contributed by atoms with Crippen LogP contribution in [-0.4, -0.2) is 10.7 Å². The standard InChI is InChI=1S/C12H20O/c13-12(5-1-2-6-12)11-8-9-3-4-10(11)7-9/h9-11,13H,1-8H2. The summed E-state index contributed by atoms with van der Waals surface area (Å²) in [6.07, 6.45) is 10.4. The largest absolute Gasteiger partial charge is 0.390 e. The van der Waals surface area contributed by atoms with E-state index < -0.39 is 0 Å². The van der Waals surface area contributed by atoms with E-state index in [0.717, 1.165) is 24.7 Å². The van der Waals surface area contributed by atoms with Crippen molar-refractivity contribution >= 4 is 0 Å². The maximum absolute atomic E-state index is 10.5. The fraction of sp³-hybridized carbons (Fsp3) is 1.00. The topological polar surface area (TPSA) is 20.2 Å². The molecule has 3 rings (SSSR count). The minimum absolute atomic E-state index is 0.222. The van der Waals surface area contributed by atoms with E-state index in [1.165, 1.54) is 38.5 Å². The van der Waals surface area contributed by atoms with Crippen LogP contribution in [0.1, 0.15) is 51.4 Å². The Kier molecular flexibility index (Phi) is 1.74. The van der Waals surface area contributed by atoms with Crippen LogP contribution in [0.2, 0.25) is 0 Å². The van der Waals surface area contributed by atoms with Crippen molar-refractivity contribution in [1.29, 1.82) is 0 Å². The van der Waals surface area contributed by atoms with Crippen molar-refractivity contribution in [1.82, 2.24) is 0 Å². The van der Waals surface area contributed by atoms with Gasteiger partial charge in [-0.05, 0) is 49.9 Å². The maximum atomic E-state index is 10.5. The zero-order valence-electron chi connectivity index (χ0n) is 8.34. The predicted molar refractivity (Wildman–Crippen MR) is 52.4 cm³/mol. The predicted octanol–water partition coefficient (Wildman–Crippen LogP) is 2.73. The van der Waals surface area contributed by atoms with Crippen molar-refractivity contribution in [3.8, 4) is 0 Å². The molecule has 0 aliphatic heterocycles. The van der Waals surface area contributed by atoms with Crippen molar-refractivity contribution in [2.45, 2.75) is 57.0 Å². The number of rotatable bonds is 1. The molecule has 1 N–H and O–H groups in total. The molecule has 0 radical (unpaired) electrons. The molecule has 3 aliphatic rings. The van der Waals surface area contributed by atoms with Gasteiger partial charge in [-0.2, -0.15) is 0 Å². The van der Waals surface area contributed by atoms with Crippen LogP contribution < -0.4 is 0 Å². The molecular formula is C12H20O. The lowest BCUT2D eigenvalue weighted by Crippen LogP contribution is -2.37. The first-order chi connectivity index (χ1) is 6.28. The molecule has 3 atom stereocenters. The molecule has 13 heavy (non-hydrogen) atoms. The van der Waals surface area contributed by atoms with Gasteiger partial charge in [-0.3, -0.25) is 0 Å². The summed E-state index contributed by atoms with van der Waals surface area (Å²) in [5, 5.41) is 10.5. The zero-order chi connectivity index (χ0) is 8.89. The number of hydrogen-bond donors (Lipinski definition) is 1. The summed E-state index contributed by atoms with van der Waals surface area (Å²) in [6, 6.07) is 0. The molecule has 0 amide bonds. The molecule has 3 aliphatic carbocycles. The Balaban J connectivity index is 1.78. The Hall–Kier alpha value is -0.0400. The van der Waals surface area contributed by atoms with Crippen LogP contribution in [0.25, 0.3) is 0 Å². The van der Waals surface area contributed by atoms with Crippen LogP contribution in [0.15, 0.2) is 0 Å². The highest BCUT2D eigenvalue weighted by Gasteiger charge is 2.50. The average Bonchev–Trinajstić information content (AvgIpc) is 2.77.